The van der Waals surface area contributed by atoms with Crippen LogP contribution in [0.15, 0.2) is 36.4 Å². The third kappa shape index (κ3) is 14.9. The molecule has 0 spiro atoms. The van der Waals surface area contributed by atoms with Crippen molar-refractivity contribution >= 4 is 35.8 Å². The fourth-order valence-electron chi connectivity index (χ4n) is 1.15. The van der Waals surface area contributed by atoms with Crippen molar-refractivity contribution in [3.8, 4) is 0 Å². The van der Waals surface area contributed by atoms with Crippen molar-refractivity contribution in [1.82, 2.24) is 0 Å². The van der Waals surface area contributed by atoms with Gasteiger partial charge in [0.05, 0.1) is 34.3 Å². The molecule has 0 radical (unpaired) electrons. The van der Waals surface area contributed by atoms with Crippen LogP contribution in [-0.4, -0.2) is 50.0 Å². The first-order chi connectivity index (χ1) is 9.24. The lowest BCUT2D eigenvalue weighted by atomic mass is 10.3. The molecule has 0 fully saturated rings. The highest BCUT2D eigenvalue weighted by Gasteiger charge is 2.00. The zero-order valence-electron chi connectivity index (χ0n) is 12.4. The van der Waals surface area contributed by atoms with Gasteiger partial charge in [-0.15, -0.1) is 12.4 Å². The minimum absolute atomic E-state index is 0. The van der Waals surface area contributed by atoms with Gasteiger partial charge < -0.3 is 24.8 Å². The number of aliphatic hydroxyl groups excluding tert-OH is 1. The standard InChI is InChI=1S/C7H6ClNO2.C7H16NO.ClH/c8-5-2-1-3-6(4-5)9-7(10)11;1-8(2,3)6-4-5-7-9;/h1-4,9H,(H,10,11);4-5,9H,6-7H2,1-3H3;1H/q;+1;/p-1/b;5-4+;. The van der Waals surface area contributed by atoms with E-state index in [-0.39, 0.29) is 19.0 Å². The summed E-state index contributed by atoms with van der Waals surface area (Å²) >= 11 is 5.57. The number of carboxylic acid groups (broad SMARTS) is 1. The van der Waals surface area contributed by atoms with E-state index in [4.69, 9.17) is 16.7 Å². The summed E-state index contributed by atoms with van der Waals surface area (Å²) in [6, 6.07) is 6.38. The summed E-state index contributed by atoms with van der Waals surface area (Å²) in [6.07, 6.45) is 2.41. The molecule has 2 N–H and O–H groups in total. The average Bonchev–Trinajstić information content (AvgIpc) is 2.27. The van der Waals surface area contributed by atoms with Crippen LogP contribution in [0.1, 0.15) is 0 Å². The number of nitrogens with zero attached hydrogens (tertiary/aromatic N) is 1. The second kappa shape index (κ2) is 11.4. The lowest BCUT2D eigenvalue weighted by Gasteiger charge is -2.21. The summed E-state index contributed by atoms with van der Waals surface area (Å²) in [4.78, 5) is 10.0. The van der Waals surface area contributed by atoms with Crippen LogP contribution in [-0.2, 0) is 0 Å². The molecule has 1 amide bonds. The quantitative estimate of drug-likeness (QED) is 0.650. The van der Waals surface area contributed by atoms with E-state index in [1.165, 1.54) is 6.07 Å². The van der Waals surface area contributed by atoms with E-state index in [1.54, 1.807) is 24.3 Å². The zero-order chi connectivity index (χ0) is 15.6. The van der Waals surface area contributed by atoms with Crippen LogP contribution in [0.5, 0.6) is 0 Å². The minimum atomic E-state index is -1.34. The Bertz CT molecular complexity index is 446. The third-order valence-corrected chi connectivity index (χ3v) is 2.23. The number of anilines is 1. The maximum atomic E-state index is 10.0. The zero-order valence-corrected chi connectivity index (χ0v) is 13.9. The SMILES string of the molecule is C[N+](C)(C)C/C=C/CO.Cl.O=C([O-])Nc1cccc(Cl)c1. The number of carbonyl (C=O) groups excluding carboxylic acids is 1. The average molecular weight is 337 g/mol. The number of benzene rings is 1. The van der Waals surface area contributed by atoms with Gasteiger partial charge in [0, 0.05) is 10.7 Å². The topological polar surface area (TPSA) is 72.4 Å². The monoisotopic (exact) mass is 336 g/mol. The van der Waals surface area contributed by atoms with Gasteiger partial charge in [0.2, 0.25) is 0 Å². The second-order valence-corrected chi connectivity index (χ2v) is 5.49. The third-order valence-electron chi connectivity index (χ3n) is 2.00. The maximum Gasteiger partial charge on any atom is 0.138 e. The Balaban J connectivity index is 0. The number of hydrogen-bond donors (Lipinski definition) is 2. The Hall–Kier alpha value is -1.27. The van der Waals surface area contributed by atoms with E-state index in [2.05, 4.69) is 26.5 Å². The molecular weight excluding hydrogens is 315 g/mol. The molecule has 21 heavy (non-hydrogen) atoms. The lowest BCUT2D eigenvalue weighted by Crippen LogP contribution is -2.34. The minimum Gasteiger partial charge on any atom is -0.530 e. The van der Waals surface area contributed by atoms with Gasteiger partial charge >= 0.3 is 0 Å². The van der Waals surface area contributed by atoms with E-state index in [0.717, 1.165) is 11.0 Å². The smallest absolute Gasteiger partial charge is 0.138 e. The van der Waals surface area contributed by atoms with Gasteiger partial charge in [0.15, 0.2) is 0 Å². The van der Waals surface area contributed by atoms with Gasteiger partial charge in [-0.05, 0) is 24.3 Å². The van der Waals surface area contributed by atoms with Crippen molar-refractivity contribution in [2.75, 3.05) is 39.6 Å². The van der Waals surface area contributed by atoms with E-state index in [1.807, 2.05) is 6.08 Å². The molecular formula is C14H22Cl2N2O3. The highest BCUT2D eigenvalue weighted by atomic mass is 35.5. The molecule has 0 saturated heterocycles. The number of hydrogen-bond acceptors (Lipinski definition) is 3. The fraction of sp³-hybridized carbons (Fsp3) is 0.357. The number of halogens is 2. The molecule has 1 rings (SSSR count). The van der Waals surface area contributed by atoms with Crippen molar-refractivity contribution < 1.29 is 19.5 Å². The first-order valence-electron chi connectivity index (χ1n) is 6.04. The number of aliphatic hydroxyl groups is 1. The summed E-state index contributed by atoms with van der Waals surface area (Å²) < 4.78 is 0.913. The van der Waals surface area contributed by atoms with Crippen LogP contribution in [0.4, 0.5) is 10.5 Å². The molecule has 1 aromatic carbocycles. The molecule has 5 nitrogen and oxygen atoms in total. The molecule has 0 heterocycles. The number of carbonyl (C=O) groups is 1. The first-order valence-corrected chi connectivity index (χ1v) is 6.42. The number of nitrogens with one attached hydrogen (secondary N) is 1. The summed E-state index contributed by atoms with van der Waals surface area (Å²) in [5.74, 6) is 0. The van der Waals surface area contributed by atoms with Crippen molar-refractivity contribution in [3.63, 3.8) is 0 Å². The van der Waals surface area contributed by atoms with E-state index in [9.17, 15) is 9.90 Å². The second-order valence-electron chi connectivity index (χ2n) is 5.05. The maximum absolute atomic E-state index is 10.0. The summed E-state index contributed by atoms with van der Waals surface area (Å²) in [6.45, 7) is 1.13. The number of amides is 1. The van der Waals surface area contributed by atoms with Gasteiger partial charge in [0.25, 0.3) is 0 Å². The Kier molecular flexibility index (Phi) is 11.9. The molecule has 0 unspecified atom stereocenters. The predicted molar refractivity (Wildman–Crippen MR) is 86.8 cm³/mol. The summed E-state index contributed by atoms with van der Waals surface area (Å²) in [5.41, 5.74) is 0.414. The Morgan fingerprint density at radius 1 is 1.38 bits per heavy atom. The molecule has 0 aliphatic heterocycles. The Morgan fingerprint density at radius 2 is 2.00 bits per heavy atom. The van der Waals surface area contributed by atoms with E-state index < -0.39 is 6.09 Å². The Morgan fingerprint density at radius 3 is 2.43 bits per heavy atom. The first kappa shape index (κ1) is 22.0. The molecule has 7 heteroatoms. The lowest BCUT2D eigenvalue weighted by molar-refractivity contribution is -0.864. The Labute approximate surface area is 136 Å². The van der Waals surface area contributed by atoms with Gasteiger partial charge in [-0.25, -0.2) is 0 Å². The van der Waals surface area contributed by atoms with Crippen molar-refractivity contribution in [2.45, 2.75) is 0 Å². The predicted octanol–water partition coefficient (Wildman–Crippen LogP) is 1.76. The molecule has 0 bridgehead atoms. The van der Waals surface area contributed by atoms with E-state index >= 15 is 0 Å². The van der Waals surface area contributed by atoms with Crippen molar-refractivity contribution in [1.29, 1.82) is 0 Å². The van der Waals surface area contributed by atoms with Gasteiger partial charge in [0.1, 0.15) is 6.09 Å². The number of quaternary nitrogens is 1. The van der Waals surface area contributed by atoms with Crippen molar-refractivity contribution in [3.05, 3.63) is 41.4 Å². The normalized spacial score (nSPS) is 10.3. The molecule has 0 aromatic heterocycles. The van der Waals surface area contributed by atoms with Crippen LogP contribution in [0.25, 0.3) is 0 Å². The summed E-state index contributed by atoms with van der Waals surface area (Å²) in [7, 11) is 6.34. The summed E-state index contributed by atoms with van der Waals surface area (Å²) in [5, 5.41) is 20.9. The van der Waals surface area contributed by atoms with Crippen LogP contribution >= 0.6 is 24.0 Å². The molecule has 0 atom stereocenters. The highest BCUT2D eigenvalue weighted by molar-refractivity contribution is 6.30. The molecule has 1 aromatic rings. The van der Waals surface area contributed by atoms with Crippen LogP contribution in [0, 0.1) is 0 Å². The van der Waals surface area contributed by atoms with Crippen LogP contribution < -0.4 is 10.4 Å². The number of rotatable bonds is 4. The molecule has 120 valence electrons. The molecule has 0 saturated carbocycles. The van der Waals surface area contributed by atoms with Gasteiger partial charge in [-0.3, -0.25) is 0 Å². The van der Waals surface area contributed by atoms with Crippen LogP contribution in [0.3, 0.4) is 0 Å². The highest BCUT2D eigenvalue weighted by Crippen LogP contribution is 2.14. The largest absolute Gasteiger partial charge is 0.530 e. The van der Waals surface area contributed by atoms with E-state index in [0.29, 0.717) is 10.7 Å². The van der Waals surface area contributed by atoms with Gasteiger partial charge in [-0.2, -0.15) is 0 Å². The van der Waals surface area contributed by atoms with Gasteiger partial charge in [-0.1, -0.05) is 23.7 Å². The van der Waals surface area contributed by atoms with Crippen molar-refractivity contribution in [2.24, 2.45) is 0 Å². The number of likely N-dealkylation sites (N-methyl/N-ethyl adjacent to an activating group) is 1. The fourth-order valence-corrected chi connectivity index (χ4v) is 1.34. The molecule has 0 aliphatic carbocycles. The van der Waals surface area contributed by atoms with Crippen LogP contribution in [0.2, 0.25) is 5.02 Å². The molecule has 0 aliphatic rings.